The van der Waals surface area contributed by atoms with Gasteiger partial charge in [0.1, 0.15) is 0 Å². The molecule has 0 bridgehead atoms. The number of carbonyl (C=O) groups excluding carboxylic acids is 2. The lowest BCUT2D eigenvalue weighted by molar-refractivity contribution is -0.131. The van der Waals surface area contributed by atoms with Gasteiger partial charge in [0.15, 0.2) is 0 Å². The summed E-state index contributed by atoms with van der Waals surface area (Å²) in [7, 11) is 1.38. The van der Waals surface area contributed by atoms with Gasteiger partial charge in [-0.3, -0.25) is 4.79 Å². The van der Waals surface area contributed by atoms with Crippen molar-refractivity contribution < 1.29 is 19.4 Å². The van der Waals surface area contributed by atoms with Gasteiger partial charge in [0, 0.05) is 25.0 Å². The Balaban J connectivity index is 1.75. The first-order chi connectivity index (χ1) is 13.7. The molecule has 1 saturated heterocycles. The Morgan fingerprint density at radius 2 is 2.03 bits per heavy atom. The van der Waals surface area contributed by atoms with Crippen LogP contribution in [0.1, 0.15) is 75.2 Å². The van der Waals surface area contributed by atoms with Crippen LogP contribution in [0, 0.1) is 0 Å². The van der Waals surface area contributed by atoms with Gasteiger partial charge in [0.05, 0.1) is 18.3 Å². The third-order valence-electron chi connectivity index (χ3n) is 5.62. The van der Waals surface area contributed by atoms with E-state index in [1.807, 2.05) is 26.0 Å². The normalized spacial score (nSPS) is 18.2. The molecule has 1 aromatic rings. The molecular weight excluding hydrogens is 368 g/mol. The van der Waals surface area contributed by atoms with Crippen LogP contribution in [-0.4, -0.2) is 53.2 Å². The lowest BCUT2D eigenvalue weighted by Crippen LogP contribution is -2.41. The number of methoxy groups -OCH3 is 1. The van der Waals surface area contributed by atoms with Crippen molar-refractivity contribution in [1.29, 1.82) is 0 Å². The summed E-state index contributed by atoms with van der Waals surface area (Å²) in [5, 5.41) is 13.3. The molecular formula is C23H36N2O4. The first-order valence-corrected chi connectivity index (χ1v) is 10.6. The average molecular weight is 405 g/mol. The first kappa shape index (κ1) is 23.4. The predicted octanol–water partition coefficient (Wildman–Crippen LogP) is 3.27. The van der Waals surface area contributed by atoms with Crippen LogP contribution in [0.5, 0.6) is 0 Å². The van der Waals surface area contributed by atoms with Crippen molar-refractivity contribution in [3.8, 4) is 0 Å². The Hall–Kier alpha value is -1.92. The minimum absolute atomic E-state index is 0.211. The largest absolute Gasteiger partial charge is 0.465 e. The Kier molecular flexibility index (Phi) is 8.65. The van der Waals surface area contributed by atoms with Crippen LogP contribution in [0.2, 0.25) is 0 Å². The number of carbonyl (C=O) groups is 2. The van der Waals surface area contributed by atoms with E-state index in [0.29, 0.717) is 12.0 Å². The molecule has 1 fully saturated rings. The quantitative estimate of drug-likeness (QED) is 0.437. The highest BCUT2D eigenvalue weighted by atomic mass is 16.5. The van der Waals surface area contributed by atoms with Crippen LogP contribution in [0.15, 0.2) is 24.3 Å². The number of benzene rings is 1. The van der Waals surface area contributed by atoms with Crippen LogP contribution in [0.25, 0.3) is 0 Å². The predicted molar refractivity (Wildman–Crippen MR) is 114 cm³/mol. The van der Waals surface area contributed by atoms with Gasteiger partial charge >= 0.3 is 5.97 Å². The number of nitrogens with one attached hydrogen (secondary N) is 1. The van der Waals surface area contributed by atoms with Gasteiger partial charge in [0.2, 0.25) is 5.91 Å². The second-order valence-electron chi connectivity index (χ2n) is 8.70. The molecule has 0 unspecified atom stereocenters. The van der Waals surface area contributed by atoms with E-state index in [9.17, 15) is 14.7 Å². The molecule has 1 amide bonds. The summed E-state index contributed by atoms with van der Waals surface area (Å²) < 4.78 is 4.71. The highest BCUT2D eigenvalue weighted by molar-refractivity contribution is 5.89. The maximum absolute atomic E-state index is 12.4. The van der Waals surface area contributed by atoms with Crippen molar-refractivity contribution in [3.05, 3.63) is 35.4 Å². The summed E-state index contributed by atoms with van der Waals surface area (Å²) in [4.78, 5) is 25.9. The van der Waals surface area contributed by atoms with Crippen molar-refractivity contribution in [2.24, 2.45) is 0 Å². The number of rotatable bonds is 11. The lowest BCUT2D eigenvalue weighted by atomic mass is 9.99. The summed E-state index contributed by atoms with van der Waals surface area (Å²) in [6.45, 7) is 7.34. The molecule has 162 valence electrons. The molecule has 6 heteroatoms. The summed E-state index contributed by atoms with van der Waals surface area (Å²) >= 11 is 0. The monoisotopic (exact) mass is 404 g/mol. The highest BCUT2D eigenvalue weighted by Crippen LogP contribution is 2.26. The number of amides is 1. The third kappa shape index (κ3) is 7.44. The number of ether oxygens (including phenoxy) is 1. The molecule has 1 aromatic carbocycles. The zero-order chi connectivity index (χ0) is 21.4. The second kappa shape index (κ2) is 10.7. The van der Waals surface area contributed by atoms with E-state index in [4.69, 9.17) is 4.74 Å². The Morgan fingerprint density at radius 3 is 2.66 bits per heavy atom. The Bertz CT molecular complexity index is 666. The van der Waals surface area contributed by atoms with Crippen LogP contribution in [0.3, 0.4) is 0 Å². The maximum atomic E-state index is 12.4. The summed E-state index contributed by atoms with van der Waals surface area (Å²) in [5.41, 5.74) is 1.01. The third-order valence-corrected chi connectivity index (χ3v) is 5.62. The van der Waals surface area contributed by atoms with E-state index in [1.54, 1.807) is 12.1 Å². The number of hydrogen-bond donors (Lipinski definition) is 2. The van der Waals surface area contributed by atoms with Gasteiger partial charge in [-0.05, 0) is 77.1 Å². The standard InChI is InChI=1S/C23H36N2O4/c1-17(6-5-14-23(2,3)28)25-20(11-12-21(25)26)13-15-24-16-18-7-9-19(10-8-18)22(27)29-4/h7-10,17,20,24,28H,5-6,11-16H2,1-4H3/t17-,20+/m1/s1. The Morgan fingerprint density at radius 1 is 1.34 bits per heavy atom. The SMILES string of the molecule is COC(=O)c1ccc(CNCC[C@@H]2CCC(=O)N2[C@H](C)CCCC(C)(C)O)cc1. The van der Waals surface area contributed by atoms with Gasteiger partial charge < -0.3 is 20.1 Å². The molecule has 0 spiro atoms. The van der Waals surface area contributed by atoms with E-state index in [0.717, 1.165) is 50.8 Å². The smallest absolute Gasteiger partial charge is 0.337 e. The van der Waals surface area contributed by atoms with E-state index < -0.39 is 5.60 Å². The van der Waals surface area contributed by atoms with Crippen LogP contribution in [-0.2, 0) is 16.1 Å². The fourth-order valence-corrected chi connectivity index (χ4v) is 4.00. The molecule has 29 heavy (non-hydrogen) atoms. The molecule has 6 nitrogen and oxygen atoms in total. The van der Waals surface area contributed by atoms with Crippen LogP contribution < -0.4 is 5.32 Å². The summed E-state index contributed by atoms with van der Waals surface area (Å²) in [6, 6.07) is 7.90. The van der Waals surface area contributed by atoms with E-state index in [2.05, 4.69) is 17.1 Å². The van der Waals surface area contributed by atoms with Crippen molar-refractivity contribution in [2.45, 2.75) is 83.5 Å². The second-order valence-corrected chi connectivity index (χ2v) is 8.70. The fourth-order valence-electron chi connectivity index (χ4n) is 4.00. The summed E-state index contributed by atoms with van der Waals surface area (Å²) in [5.74, 6) is -0.0728. The Labute approximate surface area is 174 Å². The minimum atomic E-state index is -0.646. The fraction of sp³-hybridized carbons (Fsp3) is 0.652. The molecule has 0 saturated carbocycles. The minimum Gasteiger partial charge on any atom is -0.465 e. The van der Waals surface area contributed by atoms with E-state index in [-0.39, 0.29) is 24.0 Å². The van der Waals surface area contributed by atoms with Crippen LogP contribution >= 0.6 is 0 Å². The van der Waals surface area contributed by atoms with Crippen molar-refractivity contribution in [1.82, 2.24) is 10.2 Å². The highest BCUT2D eigenvalue weighted by Gasteiger charge is 2.33. The molecule has 2 rings (SSSR count). The maximum Gasteiger partial charge on any atom is 0.337 e. The van der Waals surface area contributed by atoms with E-state index >= 15 is 0 Å². The van der Waals surface area contributed by atoms with Gasteiger partial charge in [-0.25, -0.2) is 4.79 Å². The molecule has 1 heterocycles. The van der Waals surface area contributed by atoms with E-state index in [1.165, 1.54) is 7.11 Å². The number of aliphatic hydroxyl groups is 1. The number of hydrogen-bond acceptors (Lipinski definition) is 5. The van der Waals surface area contributed by atoms with Crippen LogP contribution in [0.4, 0.5) is 0 Å². The average Bonchev–Trinajstić information content (AvgIpc) is 3.04. The number of nitrogens with zero attached hydrogens (tertiary/aromatic N) is 1. The summed E-state index contributed by atoms with van der Waals surface area (Å²) in [6.07, 6.45) is 5.08. The zero-order valence-electron chi connectivity index (χ0n) is 18.2. The molecule has 1 aliphatic heterocycles. The van der Waals surface area contributed by atoms with Crippen molar-refractivity contribution in [3.63, 3.8) is 0 Å². The molecule has 1 aliphatic rings. The number of esters is 1. The molecule has 0 aliphatic carbocycles. The zero-order valence-corrected chi connectivity index (χ0v) is 18.2. The first-order valence-electron chi connectivity index (χ1n) is 10.6. The molecule has 0 radical (unpaired) electrons. The molecule has 0 aromatic heterocycles. The van der Waals surface area contributed by atoms with Gasteiger partial charge in [0.25, 0.3) is 0 Å². The lowest BCUT2D eigenvalue weighted by Gasteiger charge is -2.32. The van der Waals surface area contributed by atoms with Crippen molar-refractivity contribution >= 4 is 11.9 Å². The molecule has 2 N–H and O–H groups in total. The van der Waals surface area contributed by atoms with Gasteiger partial charge in [-0.15, -0.1) is 0 Å². The molecule has 2 atom stereocenters. The van der Waals surface area contributed by atoms with Gasteiger partial charge in [-0.1, -0.05) is 12.1 Å². The topological polar surface area (TPSA) is 78.9 Å². The van der Waals surface area contributed by atoms with Crippen molar-refractivity contribution in [2.75, 3.05) is 13.7 Å². The number of likely N-dealkylation sites (tertiary alicyclic amines) is 1. The van der Waals surface area contributed by atoms with Gasteiger partial charge in [-0.2, -0.15) is 0 Å².